The fraction of sp³-hybridized carbons (Fsp3) is 0.571. The minimum Gasteiger partial charge on any atom is -0.369 e. The third kappa shape index (κ3) is 2.99. The van der Waals surface area contributed by atoms with Gasteiger partial charge in [-0.1, -0.05) is 32.0 Å². The van der Waals surface area contributed by atoms with E-state index in [2.05, 4.69) is 42.3 Å². The van der Waals surface area contributed by atoms with Crippen LogP contribution < -0.4 is 10.2 Å². The van der Waals surface area contributed by atoms with E-state index in [9.17, 15) is 0 Å². The fourth-order valence-electron chi connectivity index (χ4n) is 2.19. The van der Waals surface area contributed by atoms with Gasteiger partial charge in [0.15, 0.2) is 0 Å². The quantitative estimate of drug-likeness (QED) is 0.783. The van der Waals surface area contributed by atoms with Crippen molar-refractivity contribution in [3.63, 3.8) is 0 Å². The molecule has 2 nitrogen and oxygen atoms in total. The molecular formula is C14H24N2. The summed E-state index contributed by atoms with van der Waals surface area (Å²) in [4.78, 5) is 2.49. The molecule has 0 saturated carbocycles. The number of hydrogen-bond acceptors (Lipinski definition) is 2. The minimum atomic E-state index is 1.10. The van der Waals surface area contributed by atoms with E-state index in [4.69, 9.17) is 0 Å². The average Bonchev–Trinajstić information content (AvgIpc) is 2.33. The van der Waals surface area contributed by atoms with Crippen LogP contribution in [0.1, 0.15) is 25.0 Å². The highest BCUT2D eigenvalue weighted by Gasteiger charge is 2.13. The van der Waals surface area contributed by atoms with Crippen LogP contribution in [-0.2, 0) is 0 Å². The molecule has 0 aromatic heterocycles. The summed E-state index contributed by atoms with van der Waals surface area (Å²) in [6.45, 7) is 12.9. The summed E-state index contributed by atoms with van der Waals surface area (Å²) in [6.07, 6.45) is 0. The Hall–Kier alpha value is -1.02. The van der Waals surface area contributed by atoms with Crippen LogP contribution in [0.2, 0.25) is 0 Å². The normalized spacial score (nSPS) is 15.4. The lowest BCUT2D eigenvalue weighted by molar-refractivity contribution is 0.587. The van der Waals surface area contributed by atoms with E-state index in [0.29, 0.717) is 0 Å². The Bertz CT molecular complexity index is 294. The van der Waals surface area contributed by atoms with Gasteiger partial charge in [-0.25, -0.2) is 0 Å². The Morgan fingerprint density at radius 1 is 1.00 bits per heavy atom. The van der Waals surface area contributed by atoms with Gasteiger partial charge in [-0.05, 0) is 25.0 Å². The average molecular weight is 220 g/mol. The number of hydrogen-bond donors (Lipinski definition) is 1. The van der Waals surface area contributed by atoms with E-state index < -0.39 is 0 Å². The Morgan fingerprint density at radius 2 is 1.50 bits per heavy atom. The number of benzene rings is 1. The van der Waals surface area contributed by atoms with Crippen molar-refractivity contribution >= 4 is 5.69 Å². The molecule has 1 aromatic carbocycles. The standard InChI is InChI=1S/C12H18N2.C2H6/c1-10-4-3-5-11(2)12(10)14-8-6-13-7-9-14;1-2/h3-5,13H,6-9H2,1-2H3;1-2H3. The molecule has 0 amide bonds. The van der Waals surface area contributed by atoms with Crippen LogP contribution in [0.15, 0.2) is 18.2 Å². The second-order valence-electron chi connectivity index (χ2n) is 3.98. The molecule has 1 saturated heterocycles. The summed E-state index contributed by atoms with van der Waals surface area (Å²) in [5.41, 5.74) is 4.23. The van der Waals surface area contributed by atoms with Crippen LogP contribution in [0.25, 0.3) is 0 Å². The number of aryl methyl sites for hydroxylation is 2. The zero-order valence-corrected chi connectivity index (χ0v) is 11.0. The minimum absolute atomic E-state index is 1.10. The largest absolute Gasteiger partial charge is 0.369 e. The first-order chi connectivity index (χ1) is 7.79. The molecular weight excluding hydrogens is 196 g/mol. The topological polar surface area (TPSA) is 15.3 Å². The first-order valence-electron chi connectivity index (χ1n) is 6.31. The third-order valence-electron chi connectivity index (χ3n) is 2.87. The molecule has 2 rings (SSSR count). The Morgan fingerprint density at radius 3 is 2.00 bits per heavy atom. The number of nitrogens with zero attached hydrogens (tertiary/aromatic N) is 1. The predicted molar refractivity (Wildman–Crippen MR) is 72.3 cm³/mol. The van der Waals surface area contributed by atoms with Crippen LogP contribution in [0.5, 0.6) is 0 Å². The molecule has 1 fully saturated rings. The van der Waals surface area contributed by atoms with E-state index in [1.165, 1.54) is 16.8 Å². The lowest BCUT2D eigenvalue weighted by Crippen LogP contribution is -2.44. The zero-order valence-electron chi connectivity index (χ0n) is 11.0. The molecule has 0 unspecified atom stereocenters. The highest BCUT2D eigenvalue weighted by molar-refractivity contribution is 5.59. The van der Waals surface area contributed by atoms with Crippen LogP contribution in [0.3, 0.4) is 0 Å². The van der Waals surface area contributed by atoms with Crippen molar-refractivity contribution in [3.8, 4) is 0 Å². The molecule has 2 heteroatoms. The van der Waals surface area contributed by atoms with Gasteiger partial charge in [-0.2, -0.15) is 0 Å². The van der Waals surface area contributed by atoms with Crippen LogP contribution in [0, 0.1) is 13.8 Å². The molecule has 1 aliphatic rings. The van der Waals surface area contributed by atoms with Crippen LogP contribution >= 0.6 is 0 Å². The number of anilines is 1. The van der Waals surface area contributed by atoms with Gasteiger partial charge in [0.2, 0.25) is 0 Å². The summed E-state index contributed by atoms with van der Waals surface area (Å²) in [5, 5.41) is 3.38. The maximum atomic E-state index is 3.38. The van der Waals surface area contributed by atoms with Crippen molar-refractivity contribution in [2.24, 2.45) is 0 Å². The van der Waals surface area contributed by atoms with E-state index in [0.717, 1.165) is 26.2 Å². The van der Waals surface area contributed by atoms with Gasteiger partial charge in [0, 0.05) is 31.9 Å². The summed E-state index contributed by atoms with van der Waals surface area (Å²) >= 11 is 0. The summed E-state index contributed by atoms with van der Waals surface area (Å²) < 4.78 is 0. The fourth-order valence-corrected chi connectivity index (χ4v) is 2.19. The Labute approximate surface area is 99.7 Å². The van der Waals surface area contributed by atoms with Crippen molar-refractivity contribution in [2.45, 2.75) is 27.7 Å². The lowest BCUT2D eigenvalue weighted by Gasteiger charge is -2.32. The maximum Gasteiger partial charge on any atom is 0.0426 e. The Balaban J connectivity index is 0.000000606. The summed E-state index contributed by atoms with van der Waals surface area (Å²) in [7, 11) is 0. The number of rotatable bonds is 1. The number of nitrogens with one attached hydrogen (secondary N) is 1. The van der Waals surface area contributed by atoms with Crippen LogP contribution in [-0.4, -0.2) is 26.2 Å². The molecule has 0 spiro atoms. The first-order valence-corrected chi connectivity index (χ1v) is 6.31. The van der Waals surface area contributed by atoms with E-state index in [1.807, 2.05) is 13.8 Å². The molecule has 16 heavy (non-hydrogen) atoms. The first kappa shape index (κ1) is 13.0. The van der Waals surface area contributed by atoms with Crippen molar-refractivity contribution in [2.75, 3.05) is 31.1 Å². The van der Waals surface area contributed by atoms with Gasteiger partial charge in [0.05, 0.1) is 0 Å². The predicted octanol–water partition coefficient (Wildman–Crippen LogP) is 2.74. The van der Waals surface area contributed by atoms with Crippen molar-refractivity contribution in [1.29, 1.82) is 0 Å². The van der Waals surface area contributed by atoms with Crippen molar-refractivity contribution in [3.05, 3.63) is 29.3 Å². The van der Waals surface area contributed by atoms with E-state index >= 15 is 0 Å². The third-order valence-corrected chi connectivity index (χ3v) is 2.87. The van der Waals surface area contributed by atoms with Gasteiger partial charge in [-0.3, -0.25) is 0 Å². The van der Waals surface area contributed by atoms with Gasteiger partial charge in [0.25, 0.3) is 0 Å². The second-order valence-corrected chi connectivity index (χ2v) is 3.98. The second kappa shape index (κ2) is 6.54. The van der Waals surface area contributed by atoms with Gasteiger partial charge < -0.3 is 10.2 Å². The van der Waals surface area contributed by atoms with E-state index in [1.54, 1.807) is 0 Å². The number of para-hydroxylation sites is 1. The monoisotopic (exact) mass is 220 g/mol. The maximum absolute atomic E-state index is 3.38. The molecule has 0 bridgehead atoms. The molecule has 1 aromatic rings. The summed E-state index contributed by atoms with van der Waals surface area (Å²) in [6, 6.07) is 6.53. The molecule has 0 atom stereocenters. The SMILES string of the molecule is CC.Cc1cccc(C)c1N1CCNCC1. The van der Waals surface area contributed by atoms with Crippen molar-refractivity contribution < 1.29 is 0 Å². The molecule has 90 valence electrons. The number of piperazine rings is 1. The smallest absolute Gasteiger partial charge is 0.0426 e. The highest BCUT2D eigenvalue weighted by atomic mass is 15.2. The molecule has 1 aliphatic heterocycles. The summed E-state index contributed by atoms with van der Waals surface area (Å²) in [5.74, 6) is 0. The lowest BCUT2D eigenvalue weighted by atomic mass is 10.1. The van der Waals surface area contributed by atoms with Crippen molar-refractivity contribution in [1.82, 2.24) is 5.32 Å². The van der Waals surface area contributed by atoms with Crippen LogP contribution in [0.4, 0.5) is 5.69 Å². The molecule has 1 heterocycles. The Kier molecular flexibility index (Phi) is 5.33. The van der Waals surface area contributed by atoms with E-state index in [-0.39, 0.29) is 0 Å². The molecule has 0 aliphatic carbocycles. The molecule has 0 radical (unpaired) electrons. The highest BCUT2D eigenvalue weighted by Crippen LogP contribution is 2.24. The molecule has 1 N–H and O–H groups in total. The van der Waals surface area contributed by atoms with Gasteiger partial charge >= 0.3 is 0 Å². The van der Waals surface area contributed by atoms with Gasteiger partial charge in [-0.15, -0.1) is 0 Å². The zero-order chi connectivity index (χ0) is 12.0. The van der Waals surface area contributed by atoms with Gasteiger partial charge in [0.1, 0.15) is 0 Å².